The van der Waals surface area contributed by atoms with Gasteiger partial charge in [0, 0.05) is 5.56 Å². The summed E-state index contributed by atoms with van der Waals surface area (Å²) < 4.78 is 88.5. The van der Waals surface area contributed by atoms with E-state index >= 15 is 0 Å². The molecule has 22 heavy (non-hydrogen) atoms. The third-order valence-corrected chi connectivity index (χ3v) is 2.62. The fraction of sp³-hybridized carbons (Fsp3) is 0.167. The molecule has 1 aromatic carbocycles. The zero-order valence-corrected chi connectivity index (χ0v) is 10.3. The quantitative estimate of drug-likeness (QED) is 0.814. The molecule has 10 heteroatoms. The van der Waals surface area contributed by atoms with Gasteiger partial charge in [0.15, 0.2) is 0 Å². The number of H-pyrrole nitrogens is 1. The first-order valence-corrected chi connectivity index (χ1v) is 5.54. The van der Waals surface area contributed by atoms with Crippen LogP contribution >= 0.6 is 0 Å². The van der Waals surface area contributed by atoms with E-state index in [1.54, 1.807) is 0 Å². The van der Waals surface area contributed by atoms with E-state index in [2.05, 4.69) is 4.98 Å². The third kappa shape index (κ3) is 3.26. The van der Waals surface area contributed by atoms with Crippen molar-refractivity contribution in [1.29, 1.82) is 0 Å². The van der Waals surface area contributed by atoms with E-state index in [0.717, 1.165) is 0 Å². The topological polar surface area (TPSA) is 45.8 Å². The Morgan fingerprint density at radius 3 is 2.09 bits per heavy atom. The van der Waals surface area contributed by atoms with Crippen LogP contribution in [-0.2, 0) is 12.4 Å². The molecule has 0 saturated heterocycles. The van der Waals surface area contributed by atoms with Gasteiger partial charge in [0.25, 0.3) is 0 Å². The molecular weight excluding hydrogens is 321 g/mol. The number of halogens is 7. The number of nitrogens with one attached hydrogen (secondary N) is 1. The van der Waals surface area contributed by atoms with Gasteiger partial charge >= 0.3 is 18.0 Å². The highest BCUT2D eigenvalue weighted by Crippen LogP contribution is 2.33. The van der Waals surface area contributed by atoms with E-state index in [-0.39, 0.29) is 6.07 Å². The van der Waals surface area contributed by atoms with Crippen molar-refractivity contribution in [1.82, 2.24) is 9.97 Å². The van der Waals surface area contributed by atoms with E-state index in [1.807, 2.05) is 0 Å². The van der Waals surface area contributed by atoms with E-state index in [1.165, 1.54) is 4.98 Å². The van der Waals surface area contributed by atoms with Crippen LogP contribution < -0.4 is 5.69 Å². The van der Waals surface area contributed by atoms with Crippen LogP contribution in [0, 0.1) is 5.82 Å². The first-order chi connectivity index (χ1) is 9.98. The second kappa shape index (κ2) is 5.11. The van der Waals surface area contributed by atoms with Crippen molar-refractivity contribution in [2.75, 3.05) is 0 Å². The van der Waals surface area contributed by atoms with Crippen molar-refractivity contribution < 1.29 is 30.7 Å². The molecule has 0 fully saturated rings. The third-order valence-electron chi connectivity index (χ3n) is 2.62. The summed E-state index contributed by atoms with van der Waals surface area (Å²) in [5, 5.41) is 0. The standard InChI is InChI=1S/C12H5F7N2O/c13-7-3-5(11(14,15)16)1-2-6(7)8-4-9(12(17,18)19)21-10(22)20-8/h1-4H,(H,20,21,22). The molecule has 0 spiro atoms. The first kappa shape index (κ1) is 16.0. The summed E-state index contributed by atoms with van der Waals surface area (Å²) in [4.78, 5) is 15.7. The Bertz CT molecular complexity index is 761. The van der Waals surface area contributed by atoms with Crippen LogP contribution in [0.5, 0.6) is 0 Å². The number of hydrogen-bond donors (Lipinski definition) is 1. The van der Waals surface area contributed by atoms with Crippen LogP contribution in [0.4, 0.5) is 30.7 Å². The molecule has 1 aromatic heterocycles. The lowest BCUT2D eigenvalue weighted by atomic mass is 10.1. The molecule has 1 heterocycles. The lowest BCUT2D eigenvalue weighted by Crippen LogP contribution is -2.19. The highest BCUT2D eigenvalue weighted by atomic mass is 19.4. The molecule has 118 valence electrons. The average molecular weight is 326 g/mol. The van der Waals surface area contributed by atoms with Crippen LogP contribution in [-0.4, -0.2) is 9.97 Å². The number of aromatic nitrogens is 2. The monoisotopic (exact) mass is 326 g/mol. The highest BCUT2D eigenvalue weighted by Gasteiger charge is 2.34. The summed E-state index contributed by atoms with van der Waals surface area (Å²) >= 11 is 0. The molecular formula is C12H5F7N2O. The maximum atomic E-state index is 13.7. The maximum Gasteiger partial charge on any atom is 0.431 e. The molecule has 0 radical (unpaired) electrons. The van der Waals surface area contributed by atoms with E-state index in [4.69, 9.17) is 0 Å². The van der Waals surface area contributed by atoms with Crippen molar-refractivity contribution in [3.05, 3.63) is 51.8 Å². The van der Waals surface area contributed by atoms with Crippen LogP contribution in [0.3, 0.4) is 0 Å². The van der Waals surface area contributed by atoms with E-state index in [9.17, 15) is 35.5 Å². The number of rotatable bonds is 1. The molecule has 0 amide bonds. The summed E-state index contributed by atoms with van der Waals surface area (Å²) in [5.74, 6) is -1.44. The lowest BCUT2D eigenvalue weighted by Gasteiger charge is -2.10. The van der Waals surface area contributed by atoms with Gasteiger partial charge < -0.3 is 4.98 Å². The zero-order valence-electron chi connectivity index (χ0n) is 10.3. The average Bonchev–Trinajstić information content (AvgIpc) is 2.35. The lowest BCUT2D eigenvalue weighted by molar-refractivity contribution is -0.141. The van der Waals surface area contributed by atoms with Crippen molar-refractivity contribution in [3.8, 4) is 11.3 Å². The van der Waals surface area contributed by atoms with Crippen molar-refractivity contribution in [2.45, 2.75) is 12.4 Å². The predicted molar refractivity (Wildman–Crippen MR) is 60.3 cm³/mol. The number of nitrogens with zero attached hydrogens (tertiary/aromatic N) is 1. The maximum absolute atomic E-state index is 13.7. The van der Waals surface area contributed by atoms with Crippen LogP contribution in [0.15, 0.2) is 29.1 Å². The summed E-state index contributed by atoms with van der Waals surface area (Å²) in [6.07, 6.45) is -9.72. The van der Waals surface area contributed by atoms with Gasteiger partial charge in [0.2, 0.25) is 0 Å². The molecule has 0 aliphatic heterocycles. The molecule has 0 unspecified atom stereocenters. The minimum absolute atomic E-state index is 0.117. The molecule has 0 aliphatic rings. The first-order valence-electron chi connectivity index (χ1n) is 5.54. The Balaban J connectivity index is 2.58. The molecule has 0 saturated carbocycles. The number of hydrogen-bond acceptors (Lipinski definition) is 2. The Morgan fingerprint density at radius 2 is 1.59 bits per heavy atom. The smallest absolute Gasteiger partial charge is 0.302 e. The van der Waals surface area contributed by atoms with E-state index in [0.29, 0.717) is 18.2 Å². The Labute approximate surface area is 117 Å². The molecule has 0 bridgehead atoms. The molecule has 3 nitrogen and oxygen atoms in total. The number of alkyl halides is 6. The summed E-state index contributed by atoms with van der Waals surface area (Å²) in [6, 6.07) is 1.55. The largest absolute Gasteiger partial charge is 0.431 e. The van der Waals surface area contributed by atoms with Crippen molar-refractivity contribution in [2.24, 2.45) is 0 Å². The molecule has 2 aromatic rings. The van der Waals surface area contributed by atoms with Crippen molar-refractivity contribution >= 4 is 0 Å². The Kier molecular flexibility index (Phi) is 3.71. The number of benzene rings is 1. The second-order valence-corrected chi connectivity index (χ2v) is 4.18. The molecule has 0 atom stereocenters. The Hall–Kier alpha value is -2.39. The molecule has 2 rings (SSSR count). The summed E-state index contributed by atoms with van der Waals surface area (Å²) in [6.45, 7) is 0. The fourth-order valence-electron chi connectivity index (χ4n) is 1.65. The molecule has 1 N–H and O–H groups in total. The predicted octanol–water partition coefficient (Wildman–Crippen LogP) is 3.61. The van der Waals surface area contributed by atoms with Gasteiger partial charge in [-0.3, -0.25) is 0 Å². The summed E-state index contributed by atoms with van der Waals surface area (Å²) in [5.41, 5.74) is -5.56. The van der Waals surface area contributed by atoms with Gasteiger partial charge in [-0.15, -0.1) is 0 Å². The van der Waals surface area contributed by atoms with Gasteiger partial charge in [0.1, 0.15) is 11.5 Å². The van der Waals surface area contributed by atoms with Gasteiger partial charge in [0.05, 0.1) is 11.3 Å². The van der Waals surface area contributed by atoms with Crippen molar-refractivity contribution in [3.63, 3.8) is 0 Å². The second-order valence-electron chi connectivity index (χ2n) is 4.18. The summed E-state index contributed by atoms with van der Waals surface area (Å²) in [7, 11) is 0. The highest BCUT2D eigenvalue weighted by molar-refractivity contribution is 5.60. The van der Waals surface area contributed by atoms with Gasteiger partial charge in [-0.1, -0.05) is 0 Å². The fourth-order valence-corrected chi connectivity index (χ4v) is 1.65. The van der Waals surface area contributed by atoms with Crippen LogP contribution in [0.1, 0.15) is 11.3 Å². The SMILES string of the molecule is O=c1nc(-c2ccc(C(F)(F)F)cc2F)cc(C(F)(F)F)[nH]1. The Morgan fingerprint density at radius 1 is 0.955 bits per heavy atom. The van der Waals surface area contributed by atoms with Crippen LogP contribution in [0.2, 0.25) is 0 Å². The van der Waals surface area contributed by atoms with Gasteiger partial charge in [-0.2, -0.15) is 31.3 Å². The number of aromatic amines is 1. The minimum Gasteiger partial charge on any atom is -0.302 e. The van der Waals surface area contributed by atoms with Gasteiger partial charge in [-0.25, -0.2) is 9.18 Å². The normalized spacial score (nSPS) is 12.5. The zero-order chi connectivity index (χ0) is 16.7. The minimum atomic E-state index is -4.92. The van der Waals surface area contributed by atoms with Gasteiger partial charge in [-0.05, 0) is 24.3 Å². The van der Waals surface area contributed by atoms with E-state index < -0.39 is 46.4 Å². The van der Waals surface area contributed by atoms with Crippen LogP contribution in [0.25, 0.3) is 11.3 Å². The molecule has 0 aliphatic carbocycles.